The lowest BCUT2D eigenvalue weighted by Gasteiger charge is -2.24. The summed E-state index contributed by atoms with van der Waals surface area (Å²) in [6.07, 6.45) is 0. The first-order chi connectivity index (χ1) is 11.9. The Morgan fingerprint density at radius 2 is 1.92 bits per heavy atom. The monoisotopic (exact) mass is 341 g/mol. The van der Waals surface area contributed by atoms with Crippen molar-refractivity contribution in [1.82, 2.24) is 15.3 Å². The Hall–Kier alpha value is -3.06. The average molecular weight is 341 g/mol. The van der Waals surface area contributed by atoms with Crippen molar-refractivity contribution in [3.63, 3.8) is 0 Å². The van der Waals surface area contributed by atoms with Gasteiger partial charge in [-0.3, -0.25) is 9.59 Å². The molecule has 25 heavy (non-hydrogen) atoms. The number of fused-ring (bicyclic) bond motifs is 1. The van der Waals surface area contributed by atoms with Gasteiger partial charge in [0, 0.05) is 0 Å². The molecule has 7 heteroatoms. The Balaban J connectivity index is 1.78. The summed E-state index contributed by atoms with van der Waals surface area (Å²) in [6.45, 7) is 1.37. The van der Waals surface area contributed by atoms with Gasteiger partial charge in [-0.05, 0) is 36.8 Å². The molecule has 1 unspecified atom stereocenters. The second kappa shape index (κ2) is 6.45. The van der Waals surface area contributed by atoms with Gasteiger partial charge in [0.2, 0.25) is 0 Å². The fourth-order valence-corrected chi connectivity index (χ4v) is 2.44. The van der Waals surface area contributed by atoms with Crippen LogP contribution >= 0.6 is 0 Å². The molecule has 1 atom stereocenters. The third kappa shape index (κ3) is 3.56. The molecule has 0 radical (unpaired) electrons. The van der Waals surface area contributed by atoms with Crippen LogP contribution in [0.5, 0.6) is 0 Å². The number of rotatable bonds is 4. The number of benzene rings is 2. The number of carbonyl (C=O) groups is 1. The summed E-state index contributed by atoms with van der Waals surface area (Å²) in [5.74, 6) is -1.18. The summed E-state index contributed by atoms with van der Waals surface area (Å²) < 4.78 is 13.0. The zero-order chi connectivity index (χ0) is 18.0. The number of aliphatic hydroxyl groups is 1. The van der Waals surface area contributed by atoms with Crippen molar-refractivity contribution < 1.29 is 14.3 Å². The first-order valence-electron chi connectivity index (χ1n) is 7.62. The molecule has 0 aliphatic rings. The standard InChI is InChI=1S/C18H16FN3O3/c1-18(25,11-6-8-12(19)9-7-11)10-20-17(24)15-21-14-5-3-2-4-13(14)16(23)22-15/h2-9,25H,10H2,1H3,(H,20,24)(H,21,22,23). The molecule has 0 spiro atoms. The molecule has 0 saturated heterocycles. The number of amides is 1. The van der Waals surface area contributed by atoms with Crippen molar-refractivity contribution in [3.8, 4) is 0 Å². The number of para-hydroxylation sites is 1. The quantitative estimate of drug-likeness (QED) is 0.673. The Morgan fingerprint density at radius 1 is 1.24 bits per heavy atom. The molecular formula is C18H16FN3O3. The maximum absolute atomic E-state index is 13.0. The summed E-state index contributed by atoms with van der Waals surface area (Å²) in [4.78, 5) is 30.8. The molecule has 0 aliphatic heterocycles. The van der Waals surface area contributed by atoms with Crippen molar-refractivity contribution in [2.45, 2.75) is 12.5 Å². The average Bonchev–Trinajstić information content (AvgIpc) is 2.60. The van der Waals surface area contributed by atoms with Crippen LogP contribution in [0.2, 0.25) is 0 Å². The van der Waals surface area contributed by atoms with E-state index in [1.54, 1.807) is 24.3 Å². The van der Waals surface area contributed by atoms with E-state index in [4.69, 9.17) is 0 Å². The van der Waals surface area contributed by atoms with Crippen LogP contribution in [-0.4, -0.2) is 27.5 Å². The lowest BCUT2D eigenvalue weighted by Crippen LogP contribution is -2.39. The van der Waals surface area contributed by atoms with Crippen LogP contribution in [0.4, 0.5) is 4.39 Å². The summed E-state index contributed by atoms with van der Waals surface area (Å²) in [5, 5.41) is 13.4. The van der Waals surface area contributed by atoms with E-state index in [1.807, 2.05) is 0 Å². The summed E-state index contributed by atoms with van der Waals surface area (Å²) in [6, 6.07) is 12.0. The first-order valence-corrected chi connectivity index (χ1v) is 7.62. The van der Waals surface area contributed by atoms with Gasteiger partial charge >= 0.3 is 0 Å². The summed E-state index contributed by atoms with van der Waals surface area (Å²) in [5.41, 5.74) is -0.961. The molecule has 1 aromatic heterocycles. The minimum atomic E-state index is -1.40. The minimum Gasteiger partial charge on any atom is -0.384 e. The summed E-state index contributed by atoms with van der Waals surface area (Å²) in [7, 11) is 0. The molecule has 3 N–H and O–H groups in total. The van der Waals surface area contributed by atoms with Crippen LogP contribution in [-0.2, 0) is 5.60 Å². The molecule has 3 aromatic rings. The summed E-state index contributed by atoms with van der Waals surface area (Å²) >= 11 is 0. The molecule has 2 aromatic carbocycles. The van der Waals surface area contributed by atoms with Crippen LogP contribution in [0.15, 0.2) is 53.3 Å². The number of hydrogen-bond acceptors (Lipinski definition) is 4. The predicted octanol–water partition coefficient (Wildman–Crippen LogP) is 1.70. The maximum Gasteiger partial charge on any atom is 0.287 e. The molecule has 0 aliphatic carbocycles. The van der Waals surface area contributed by atoms with Crippen LogP contribution < -0.4 is 10.9 Å². The van der Waals surface area contributed by atoms with Crippen LogP contribution in [0.1, 0.15) is 23.1 Å². The lowest BCUT2D eigenvalue weighted by molar-refractivity contribution is 0.0523. The number of H-pyrrole nitrogens is 1. The molecular weight excluding hydrogens is 325 g/mol. The molecule has 128 valence electrons. The van der Waals surface area contributed by atoms with Gasteiger partial charge in [0.1, 0.15) is 11.4 Å². The topological polar surface area (TPSA) is 95.1 Å². The zero-order valence-electron chi connectivity index (χ0n) is 13.4. The number of nitrogens with one attached hydrogen (secondary N) is 2. The second-order valence-corrected chi connectivity index (χ2v) is 5.90. The van der Waals surface area contributed by atoms with E-state index in [9.17, 15) is 19.1 Å². The van der Waals surface area contributed by atoms with E-state index in [2.05, 4.69) is 15.3 Å². The van der Waals surface area contributed by atoms with Crippen LogP contribution in [0.25, 0.3) is 10.9 Å². The lowest BCUT2D eigenvalue weighted by atomic mass is 9.96. The molecule has 6 nitrogen and oxygen atoms in total. The van der Waals surface area contributed by atoms with Gasteiger partial charge in [-0.15, -0.1) is 0 Å². The highest BCUT2D eigenvalue weighted by molar-refractivity contribution is 5.92. The third-order valence-electron chi connectivity index (χ3n) is 3.89. The van der Waals surface area contributed by atoms with E-state index in [0.29, 0.717) is 16.5 Å². The van der Waals surface area contributed by atoms with E-state index < -0.39 is 22.9 Å². The highest BCUT2D eigenvalue weighted by Crippen LogP contribution is 2.20. The number of aromatic nitrogens is 2. The first kappa shape index (κ1) is 16.8. The number of carbonyl (C=O) groups excluding carboxylic acids is 1. The Kier molecular flexibility index (Phi) is 4.33. The van der Waals surface area contributed by atoms with Gasteiger partial charge in [0.05, 0.1) is 17.4 Å². The Morgan fingerprint density at radius 3 is 2.64 bits per heavy atom. The largest absolute Gasteiger partial charge is 0.384 e. The highest BCUT2D eigenvalue weighted by atomic mass is 19.1. The SMILES string of the molecule is CC(O)(CNC(=O)c1nc2ccccc2c(=O)[nH]1)c1ccc(F)cc1. The fraction of sp³-hybridized carbons (Fsp3) is 0.167. The molecule has 0 bridgehead atoms. The number of halogens is 1. The zero-order valence-corrected chi connectivity index (χ0v) is 13.4. The van der Waals surface area contributed by atoms with Gasteiger partial charge in [-0.25, -0.2) is 9.37 Å². The van der Waals surface area contributed by atoms with Crippen molar-refractivity contribution in [2.24, 2.45) is 0 Å². The van der Waals surface area contributed by atoms with E-state index in [-0.39, 0.29) is 12.4 Å². The van der Waals surface area contributed by atoms with E-state index >= 15 is 0 Å². The second-order valence-electron chi connectivity index (χ2n) is 5.90. The van der Waals surface area contributed by atoms with Crippen molar-refractivity contribution in [1.29, 1.82) is 0 Å². The predicted molar refractivity (Wildman–Crippen MR) is 90.7 cm³/mol. The third-order valence-corrected chi connectivity index (χ3v) is 3.89. The van der Waals surface area contributed by atoms with E-state index in [0.717, 1.165) is 0 Å². The van der Waals surface area contributed by atoms with Crippen LogP contribution in [0, 0.1) is 5.82 Å². The van der Waals surface area contributed by atoms with Gasteiger partial charge in [-0.1, -0.05) is 24.3 Å². The molecule has 1 heterocycles. The maximum atomic E-state index is 13.0. The van der Waals surface area contributed by atoms with Crippen LogP contribution in [0.3, 0.4) is 0 Å². The van der Waals surface area contributed by atoms with Crippen molar-refractivity contribution in [2.75, 3.05) is 6.54 Å². The number of hydrogen-bond donors (Lipinski definition) is 3. The van der Waals surface area contributed by atoms with Gasteiger partial charge in [0.25, 0.3) is 11.5 Å². The van der Waals surface area contributed by atoms with E-state index in [1.165, 1.54) is 31.2 Å². The molecule has 3 rings (SSSR count). The van der Waals surface area contributed by atoms with Gasteiger partial charge in [-0.2, -0.15) is 0 Å². The van der Waals surface area contributed by atoms with Gasteiger partial charge < -0.3 is 15.4 Å². The molecule has 0 fully saturated rings. The smallest absolute Gasteiger partial charge is 0.287 e. The minimum absolute atomic E-state index is 0.131. The van der Waals surface area contributed by atoms with Crippen molar-refractivity contribution >= 4 is 16.8 Å². The number of aromatic amines is 1. The Labute approximate surface area is 142 Å². The molecule has 1 amide bonds. The molecule has 0 saturated carbocycles. The van der Waals surface area contributed by atoms with Gasteiger partial charge in [0.15, 0.2) is 5.82 Å². The highest BCUT2D eigenvalue weighted by Gasteiger charge is 2.24. The Bertz CT molecular complexity index is 981. The normalized spacial score (nSPS) is 13.4. The van der Waals surface area contributed by atoms with Crippen molar-refractivity contribution in [3.05, 3.63) is 76.1 Å². The fourth-order valence-electron chi connectivity index (χ4n) is 2.44. The number of nitrogens with zero attached hydrogens (tertiary/aromatic N) is 1.